The zero-order chi connectivity index (χ0) is 23.4. The maximum Gasteiger partial charge on any atom is 0.257 e. The molecule has 0 aliphatic carbocycles. The van der Waals surface area contributed by atoms with Gasteiger partial charge in [0, 0.05) is 30.4 Å². The molecule has 0 radical (unpaired) electrons. The van der Waals surface area contributed by atoms with Crippen LogP contribution in [-0.2, 0) is 0 Å². The fourth-order valence-corrected chi connectivity index (χ4v) is 4.41. The summed E-state index contributed by atoms with van der Waals surface area (Å²) in [5, 5.41) is 0. The summed E-state index contributed by atoms with van der Waals surface area (Å²) in [5.74, 6) is 2.16. The summed E-state index contributed by atoms with van der Waals surface area (Å²) in [4.78, 5) is 20.1. The Hall–Kier alpha value is -3.54. The van der Waals surface area contributed by atoms with E-state index >= 15 is 0 Å². The highest BCUT2D eigenvalue weighted by Gasteiger charge is 2.28. The van der Waals surface area contributed by atoms with Crippen LogP contribution in [0.25, 0.3) is 11.1 Å². The molecule has 172 valence electrons. The highest BCUT2D eigenvalue weighted by molar-refractivity contribution is 5.97. The summed E-state index contributed by atoms with van der Waals surface area (Å²) in [6.07, 6.45) is 1.92. The second-order valence-corrected chi connectivity index (χ2v) is 8.31. The fourth-order valence-electron chi connectivity index (χ4n) is 4.41. The molecule has 4 rings (SSSR count). The molecular formula is C27H30N2O4. The van der Waals surface area contributed by atoms with Crippen molar-refractivity contribution < 1.29 is 19.0 Å². The zero-order valence-corrected chi connectivity index (χ0v) is 19.6. The number of piperidine rings is 1. The Morgan fingerprint density at radius 1 is 0.909 bits per heavy atom. The van der Waals surface area contributed by atoms with Crippen LogP contribution in [0.5, 0.6) is 17.2 Å². The molecule has 0 spiro atoms. The number of likely N-dealkylation sites (tertiary alicyclic amines) is 1. The lowest BCUT2D eigenvalue weighted by Crippen LogP contribution is -2.39. The number of carbonyl (C=O) groups excluding carboxylic acids is 1. The number of methoxy groups -OCH3 is 3. The molecule has 1 amide bonds. The van der Waals surface area contributed by atoms with Crippen molar-refractivity contribution in [1.82, 2.24) is 9.88 Å². The van der Waals surface area contributed by atoms with Crippen molar-refractivity contribution in [1.29, 1.82) is 0 Å². The molecule has 0 unspecified atom stereocenters. The summed E-state index contributed by atoms with van der Waals surface area (Å²) < 4.78 is 16.0. The maximum atomic E-state index is 13.4. The van der Waals surface area contributed by atoms with Gasteiger partial charge in [-0.3, -0.25) is 9.78 Å². The number of pyridine rings is 1. The highest BCUT2D eigenvalue weighted by atomic mass is 16.5. The molecule has 6 nitrogen and oxygen atoms in total. The first-order valence-electron chi connectivity index (χ1n) is 11.2. The lowest BCUT2D eigenvalue weighted by molar-refractivity contribution is 0.0702. The van der Waals surface area contributed by atoms with E-state index in [2.05, 4.69) is 24.3 Å². The second kappa shape index (κ2) is 9.94. The Bertz CT molecular complexity index is 1130. The van der Waals surface area contributed by atoms with Crippen molar-refractivity contribution in [3.63, 3.8) is 0 Å². The number of hydrogen-bond acceptors (Lipinski definition) is 5. The van der Waals surface area contributed by atoms with Gasteiger partial charge in [0.15, 0.2) is 0 Å². The monoisotopic (exact) mass is 446 g/mol. The van der Waals surface area contributed by atoms with Crippen molar-refractivity contribution in [2.45, 2.75) is 25.7 Å². The van der Waals surface area contributed by atoms with E-state index in [1.165, 1.54) is 0 Å². The van der Waals surface area contributed by atoms with Crippen LogP contribution in [-0.4, -0.2) is 50.2 Å². The predicted molar refractivity (Wildman–Crippen MR) is 128 cm³/mol. The Kier molecular flexibility index (Phi) is 6.82. The number of benzene rings is 2. The summed E-state index contributed by atoms with van der Waals surface area (Å²) in [5.41, 5.74) is 4.76. The van der Waals surface area contributed by atoms with Crippen molar-refractivity contribution >= 4 is 5.91 Å². The standard InChI is InChI=1S/C27H30N2O4/c1-18-14-21(19-7-9-22(31-2)10-8-19)15-25(28-18)20-6-5-13-29(17-20)27(30)24-16-23(32-3)11-12-26(24)33-4/h7-12,14-16,20H,5-6,13,17H2,1-4H3/t20-/m1/s1. The van der Waals surface area contributed by atoms with E-state index in [0.29, 0.717) is 30.2 Å². The fraction of sp³-hybridized carbons (Fsp3) is 0.333. The lowest BCUT2D eigenvalue weighted by atomic mass is 9.91. The quantitative estimate of drug-likeness (QED) is 0.527. The number of amides is 1. The number of hydrogen-bond donors (Lipinski definition) is 0. The van der Waals surface area contributed by atoms with Gasteiger partial charge in [0.25, 0.3) is 5.91 Å². The van der Waals surface area contributed by atoms with Gasteiger partial charge in [-0.1, -0.05) is 12.1 Å². The first kappa shape index (κ1) is 22.6. The molecule has 6 heteroatoms. The van der Waals surface area contributed by atoms with E-state index < -0.39 is 0 Å². The largest absolute Gasteiger partial charge is 0.497 e. The van der Waals surface area contributed by atoms with Crippen molar-refractivity contribution in [2.75, 3.05) is 34.4 Å². The first-order valence-corrected chi connectivity index (χ1v) is 11.2. The normalized spacial score (nSPS) is 15.8. The average molecular weight is 447 g/mol. The molecule has 3 aromatic rings. The van der Waals surface area contributed by atoms with Crippen LogP contribution in [0.4, 0.5) is 0 Å². The van der Waals surface area contributed by atoms with Gasteiger partial charge < -0.3 is 19.1 Å². The highest BCUT2D eigenvalue weighted by Crippen LogP contribution is 2.32. The molecule has 0 bridgehead atoms. The number of nitrogens with zero attached hydrogens (tertiary/aromatic N) is 2. The minimum atomic E-state index is -0.0431. The van der Waals surface area contributed by atoms with Gasteiger partial charge in [0.2, 0.25) is 0 Å². The Morgan fingerprint density at radius 3 is 2.33 bits per heavy atom. The van der Waals surface area contributed by atoms with Gasteiger partial charge in [-0.05, 0) is 73.4 Å². The zero-order valence-electron chi connectivity index (χ0n) is 19.6. The van der Waals surface area contributed by atoms with Crippen molar-refractivity contribution in [2.24, 2.45) is 0 Å². The third-order valence-corrected chi connectivity index (χ3v) is 6.16. The first-order chi connectivity index (χ1) is 16.0. The summed E-state index contributed by atoms with van der Waals surface area (Å²) in [6, 6.07) is 17.6. The van der Waals surface area contributed by atoms with Crippen LogP contribution >= 0.6 is 0 Å². The lowest BCUT2D eigenvalue weighted by Gasteiger charge is -2.33. The molecule has 1 aliphatic heterocycles. The van der Waals surface area contributed by atoms with Gasteiger partial charge in [-0.15, -0.1) is 0 Å². The smallest absolute Gasteiger partial charge is 0.257 e. The molecule has 2 heterocycles. The molecule has 1 aliphatic rings. The van der Waals surface area contributed by atoms with E-state index in [4.69, 9.17) is 19.2 Å². The molecule has 1 saturated heterocycles. The molecule has 33 heavy (non-hydrogen) atoms. The number of aryl methyl sites for hydroxylation is 1. The van der Waals surface area contributed by atoms with E-state index in [-0.39, 0.29) is 11.8 Å². The van der Waals surface area contributed by atoms with E-state index in [9.17, 15) is 4.79 Å². The van der Waals surface area contributed by atoms with Crippen LogP contribution in [0.3, 0.4) is 0 Å². The number of aromatic nitrogens is 1. The van der Waals surface area contributed by atoms with E-state index in [0.717, 1.165) is 41.1 Å². The van der Waals surface area contributed by atoms with Gasteiger partial charge in [-0.2, -0.15) is 0 Å². The summed E-state index contributed by atoms with van der Waals surface area (Å²) in [7, 11) is 4.84. The molecule has 1 atom stereocenters. The van der Waals surface area contributed by atoms with Crippen molar-refractivity contribution in [3.05, 3.63) is 71.5 Å². The molecule has 0 saturated carbocycles. The van der Waals surface area contributed by atoms with Gasteiger partial charge in [0.1, 0.15) is 17.2 Å². The molecular weight excluding hydrogens is 416 g/mol. The molecule has 1 fully saturated rings. The van der Waals surface area contributed by atoms with E-state index in [1.54, 1.807) is 39.5 Å². The van der Waals surface area contributed by atoms with Crippen LogP contribution in [0.2, 0.25) is 0 Å². The Morgan fingerprint density at radius 2 is 1.64 bits per heavy atom. The van der Waals surface area contributed by atoms with Crippen LogP contribution in [0.1, 0.15) is 40.5 Å². The minimum Gasteiger partial charge on any atom is -0.497 e. The van der Waals surface area contributed by atoms with Gasteiger partial charge in [0.05, 0.1) is 26.9 Å². The number of carbonyl (C=O) groups is 1. The molecule has 0 N–H and O–H groups in total. The van der Waals surface area contributed by atoms with Gasteiger partial charge in [-0.25, -0.2) is 0 Å². The average Bonchev–Trinajstić information content (AvgIpc) is 2.87. The van der Waals surface area contributed by atoms with E-state index in [1.807, 2.05) is 24.0 Å². The SMILES string of the molecule is COc1ccc(-c2cc(C)nc([C@@H]3CCCN(C(=O)c4cc(OC)ccc4OC)C3)c2)cc1. The van der Waals surface area contributed by atoms with Crippen molar-refractivity contribution in [3.8, 4) is 28.4 Å². The Labute approximate surface area is 195 Å². The van der Waals surface area contributed by atoms with Gasteiger partial charge >= 0.3 is 0 Å². The topological polar surface area (TPSA) is 60.9 Å². The number of rotatable bonds is 6. The molecule has 1 aromatic heterocycles. The second-order valence-electron chi connectivity index (χ2n) is 8.31. The third-order valence-electron chi connectivity index (χ3n) is 6.16. The van der Waals surface area contributed by atoms with Crippen LogP contribution in [0.15, 0.2) is 54.6 Å². The number of ether oxygens (including phenoxy) is 3. The minimum absolute atomic E-state index is 0.0431. The molecule has 2 aromatic carbocycles. The maximum absolute atomic E-state index is 13.4. The summed E-state index contributed by atoms with van der Waals surface area (Å²) in [6.45, 7) is 3.36. The third kappa shape index (κ3) is 4.95. The predicted octanol–water partition coefficient (Wildman–Crippen LogP) is 5.10. The van der Waals surface area contributed by atoms with Crippen LogP contribution < -0.4 is 14.2 Å². The Balaban J connectivity index is 1.59. The van der Waals surface area contributed by atoms with Crippen LogP contribution in [0, 0.1) is 6.92 Å². The summed E-state index contributed by atoms with van der Waals surface area (Å²) >= 11 is 0.